The molecule has 1 aliphatic carbocycles. The summed E-state index contributed by atoms with van der Waals surface area (Å²) < 4.78 is 0. The smallest absolute Gasteiger partial charge is 0.305 e. The zero-order valence-electron chi connectivity index (χ0n) is 11.0. The number of hydrogen-bond donors (Lipinski definition) is 1. The van der Waals surface area contributed by atoms with Crippen LogP contribution in [0.2, 0.25) is 5.02 Å². The summed E-state index contributed by atoms with van der Waals surface area (Å²) >= 11 is 5.93. The standard InChI is InChI=1S/C13H13ClN2O5/c14-11-7-9(16(20)21)3-4-10(11)13(19)15(8-1-2-8)6-5-12(17)18/h3-4,7-8H,1-2,5-6H2,(H,17,18). The number of hydrogen-bond acceptors (Lipinski definition) is 4. The molecule has 0 aliphatic heterocycles. The topological polar surface area (TPSA) is 101 Å². The first kappa shape index (κ1) is 15.2. The maximum Gasteiger partial charge on any atom is 0.305 e. The molecule has 1 aromatic rings. The molecule has 7 nitrogen and oxygen atoms in total. The molecule has 1 fully saturated rings. The molecule has 0 heterocycles. The van der Waals surface area contributed by atoms with Gasteiger partial charge in [0.05, 0.1) is 21.9 Å². The van der Waals surface area contributed by atoms with E-state index in [0.717, 1.165) is 18.9 Å². The zero-order chi connectivity index (χ0) is 15.6. The first-order chi connectivity index (χ1) is 9.90. The second-order valence-electron chi connectivity index (χ2n) is 4.79. The summed E-state index contributed by atoms with van der Waals surface area (Å²) in [5.41, 5.74) is -0.0420. The van der Waals surface area contributed by atoms with Crippen LogP contribution in [0.25, 0.3) is 0 Å². The molecule has 0 spiro atoms. The van der Waals surface area contributed by atoms with Crippen molar-refractivity contribution < 1.29 is 19.6 Å². The number of amides is 1. The van der Waals surface area contributed by atoms with Crippen molar-refractivity contribution in [2.75, 3.05) is 6.54 Å². The van der Waals surface area contributed by atoms with Crippen molar-refractivity contribution in [2.45, 2.75) is 25.3 Å². The molecule has 1 saturated carbocycles. The number of carbonyl (C=O) groups is 2. The normalized spacial score (nSPS) is 13.8. The minimum Gasteiger partial charge on any atom is -0.481 e. The van der Waals surface area contributed by atoms with Gasteiger partial charge in [-0.2, -0.15) is 0 Å². The monoisotopic (exact) mass is 312 g/mol. The molecule has 0 saturated heterocycles. The van der Waals surface area contributed by atoms with E-state index in [2.05, 4.69) is 0 Å². The summed E-state index contributed by atoms with van der Waals surface area (Å²) in [5.74, 6) is -1.37. The van der Waals surface area contributed by atoms with Gasteiger partial charge in [0.15, 0.2) is 0 Å². The Kier molecular flexibility index (Phi) is 4.42. The highest BCUT2D eigenvalue weighted by Gasteiger charge is 2.34. The first-order valence-electron chi connectivity index (χ1n) is 6.37. The number of halogens is 1. The second kappa shape index (κ2) is 6.09. The average Bonchev–Trinajstić information content (AvgIpc) is 3.22. The Bertz CT molecular complexity index is 600. The fourth-order valence-corrected chi connectivity index (χ4v) is 2.25. The van der Waals surface area contributed by atoms with E-state index < -0.39 is 16.8 Å². The number of aliphatic carboxylic acids is 1. The summed E-state index contributed by atoms with van der Waals surface area (Å²) in [6, 6.07) is 3.67. The highest BCUT2D eigenvalue weighted by Crippen LogP contribution is 2.31. The number of nitro benzene ring substituents is 1. The number of rotatable bonds is 6. The minimum atomic E-state index is -0.983. The van der Waals surface area contributed by atoms with E-state index in [1.807, 2.05) is 0 Å². The molecule has 0 unspecified atom stereocenters. The van der Waals surface area contributed by atoms with Crippen LogP contribution in [0.5, 0.6) is 0 Å². The molecule has 1 amide bonds. The van der Waals surface area contributed by atoms with Crippen molar-refractivity contribution in [3.8, 4) is 0 Å². The minimum absolute atomic E-state index is 0.00447. The number of carboxylic acid groups (broad SMARTS) is 1. The lowest BCUT2D eigenvalue weighted by molar-refractivity contribution is -0.384. The largest absolute Gasteiger partial charge is 0.481 e. The highest BCUT2D eigenvalue weighted by molar-refractivity contribution is 6.34. The third kappa shape index (κ3) is 3.69. The van der Waals surface area contributed by atoms with Crippen LogP contribution >= 0.6 is 11.6 Å². The molecule has 1 aliphatic rings. The van der Waals surface area contributed by atoms with Crippen molar-refractivity contribution in [3.63, 3.8) is 0 Å². The van der Waals surface area contributed by atoms with Crippen molar-refractivity contribution in [2.24, 2.45) is 0 Å². The fourth-order valence-electron chi connectivity index (χ4n) is 2.00. The van der Waals surface area contributed by atoms with E-state index in [-0.39, 0.29) is 35.3 Å². The van der Waals surface area contributed by atoms with Gasteiger partial charge in [-0.05, 0) is 18.9 Å². The van der Waals surface area contributed by atoms with E-state index in [0.29, 0.717) is 0 Å². The molecule has 0 radical (unpaired) electrons. The summed E-state index contributed by atoms with van der Waals surface area (Å²) in [7, 11) is 0. The molecule has 1 N–H and O–H groups in total. The molecular weight excluding hydrogens is 300 g/mol. The number of nitrogens with zero attached hydrogens (tertiary/aromatic N) is 2. The molecular formula is C13H13ClN2O5. The van der Waals surface area contributed by atoms with Crippen LogP contribution in [0.15, 0.2) is 18.2 Å². The lowest BCUT2D eigenvalue weighted by atomic mass is 10.1. The van der Waals surface area contributed by atoms with Crippen LogP contribution in [0.4, 0.5) is 5.69 Å². The molecule has 0 bridgehead atoms. The van der Waals surface area contributed by atoms with Crippen molar-refractivity contribution in [3.05, 3.63) is 38.9 Å². The van der Waals surface area contributed by atoms with Gasteiger partial charge in [0.2, 0.25) is 0 Å². The predicted molar refractivity (Wildman–Crippen MR) is 74.4 cm³/mol. The van der Waals surface area contributed by atoms with Crippen LogP contribution in [0.1, 0.15) is 29.6 Å². The van der Waals surface area contributed by atoms with Crippen molar-refractivity contribution >= 4 is 29.2 Å². The SMILES string of the molecule is O=C(O)CCN(C(=O)c1ccc([N+](=O)[O-])cc1Cl)C1CC1. The van der Waals surface area contributed by atoms with Gasteiger partial charge in [0, 0.05) is 24.7 Å². The summed E-state index contributed by atoms with van der Waals surface area (Å²) in [5, 5.41) is 19.4. The predicted octanol–water partition coefficient (Wildman–Crippen LogP) is 2.33. The lowest BCUT2D eigenvalue weighted by Gasteiger charge is -2.22. The van der Waals surface area contributed by atoms with E-state index in [1.165, 1.54) is 17.0 Å². The Hall–Kier alpha value is -2.15. The molecule has 2 rings (SSSR count). The van der Waals surface area contributed by atoms with Gasteiger partial charge in [-0.1, -0.05) is 11.6 Å². The number of carboxylic acids is 1. The van der Waals surface area contributed by atoms with E-state index in [4.69, 9.17) is 16.7 Å². The molecule has 0 aromatic heterocycles. The number of nitro groups is 1. The van der Waals surface area contributed by atoms with Crippen LogP contribution < -0.4 is 0 Å². The lowest BCUT2D eigenvalue weighted by Crippen LogP contribution is -2.35. The Balaban J connectivity index is 2.20. The van der Waals surface area contributed by atoms with Crippen molar-refractivity contribution in [1.82, 2.24) is 4.90 Å². The summed E-state index contributed by atoms with van der Waals surface area (Å²) in [4.78, 5) is 34.6. The van der Waals surface area contributed by atoms with Gasteiger partial charge < -0.3 is 10.0 Å². The summed E-state index contributed by atoms with van der Waals surface area (Å²) in [6.07, 6.45) is 1.51. The maximum atomic E-state index is 12.4. The third-order valence-electron chi connectivity index (χ3n) is 3.21. The molecule has 21 heavy (non-hydrogen) atoms. The van der Waals surface area contributed by atoms with Crippen LogP contribution in [0, 0.1) is 10.1 Å². The van der Waals surface area contributed by atoms with E-state index >= 15 is 0 Å². The van der Waals surface area contributed by atoms with E-state index in [1.54, 1.807) is 0 Å². The second-order valence-corrected chi connectivity index (χ2v) is 5.20. The highest BCUT2D eigenvalue weighted by atomic mass is 35.5. The quantitative estimate of drug-likeness (QED) is 0.641. The van der Waals surface area contributed by atoms with Crippen LogP contribution in [-0.2, 0) is 4.79 Å². The van der Waals surface area contributed by atoms with Crippen LogP contribution in [0.3, 0.4) is 0 Å². The van der Waals surface area contributed by atoms with Gasteiger partial charge >= 0.3 is 5.97 Å². The Morgan fingerprint density at radius 3 is 2.57 bits per heavy atom. The molecule has 112 valence electrons. The summed E-state index contributed by atoms with van der Waals surface area (Å²) in [6.45, 7) is 0.103. The molecule has 1 aromatic carbocycles. The van der Waals surface area contributed by atoms with Gasteiger partial charge in [-0.25, -0.2) is 0 Å². The van der Waals surface area contributed by atoms with Crippen molar-refractivity contribution in [1.29, 1.82) is 0 Å². The van der Waals surface area contributed by atoms with Crippen LogP contribution in [-0.4, -0.2) is 39.4 Å². The van der Waals surface area contributed by atoms with Gasteiger partial charge in [-0.15, -0.1) is 0 Å². The van der Waals surface area contributed by atoms with Gasteiger partial charge in [0.25, 0.3) is 11.6 Å². The van der Waals surface area contributed by atoms with Gasteiger partial charge in [-0.3, -0.25) is 19.7 Å². The molecule has 0 atom stereocenters. The first-order valence-corrected chi connectivity index (χ1v) is 6.74. The van der Waals surface area contributed by atoms with E-state index in [9.17, 15) is 19.7 Å². The maximum absolute atomic E-state index is 12.4. The molecule has 8 heteroatoms. The average molecular weight is 313 g/mol. The Labute approximate surface area is 125 Å². The Morgan fingerprint density at radius 1 is 1.43 bits per heavy atom. The van der Waals surface area contributed by atoms with Gasteiger partial charge in [0.1, 0.15) is 0 Å². The zero-order valence-corrected chi connectivity index (χ0v) is 11.7. The number of carbonyl (C=O) groups excluding carboxylic acids is 1. The third-order valence-corrected chi connectivity index (χ3v) is 3.52. The fraction of sp³-hybridized carbons (Fsp3) is 0.385. The number of non-ortho nitro benzene ring substituents is 1. The Morgan fingerprint density at radius 2 is 2.10 bits per heavy atom. The number of benzene rings is 1.